The molecule has 0 amide bonds. The number of benzene rings is 2. The Morgan fingerprint density at radius 3 is 2.40 bits per heavy atom. The topological polar surface area (TPSA) is 30.9 Å². The lowest BCUT2D eigenvalue weighted by Crippen LogP contribution is -2.31. The summed E-state index contributed by atoms with van der Waals surface area (Å²) in [6.45, 7) is 4.89. The highest BCUT2D eigenvalue weighted by Gasteiger charge is 2.17. The van der Waals surface area contributed by atoms with Gasteiger partial charge in [-0.3, -0.25) is 10.4 Å². The first-order chi connectivity index (χ1) is 9.74. The van der Waals surface area contributed by atoms with E-state index in [1.54, 1.807) is 0 Å². The average molecular weight is 266 g/mol. The number of hydrogen-bond donors (Lipinski definition) is 1. The second-order valence-electron chi connectivity index (χ2n) is 4.95. The second-order valence-corrected chi connectivity index (χ2v) is 4.95. The lowest BCUT2D eigenvalue weighted by atomic mass is 10.2. The second kappa shape index (κ2) is 5.25. The Kier molecular flexibility index (Phi) is 3.29. The number of hydrazone groups is 1. The minimum absolute atomic E-state index is 0.694. The third-order valence-electron chi connectivity index (χ3n) is 3.42. The highest BCUT2D eigenvalue weighted by Crippen LogP contribution is 2.22. The fourth-order valence-corrected chi connectivity index (χ4v) is 2.25. The largest absolute Gasteiger partial charge is 0.295 e. The Morgan fingerprint density at radius 2 is 1.65 bits per heavy atom. The summed E-state index contributed by atoms with van der Waals surface area (Å²) >= 11 is 0. The van der Waals surface area contributed by atoms with E-state index in [9.17, 15) is 0 Å². The fourth-order valence-electron chi connectivity index (χ4n) is 2.25. The summed E-state index contributed by atoms with van der Waals surface area (Å²) in [4.78, 5) is 0. The quantitative estimate of drug-likeness (QED) is 0.924. The number of nitrogens with zero attached hydrogens (tertiary/aromatic N) is 3. The van der Waals surface area contributed by atoms with Crippen LogP contribution in [0.25, 0.3) is 0 Å². The molecule has 2 aromatic carbocycles. The Balaban J connectivity index is 1.71. The maximum Gasteiger partial charge on any atom is 0.133 e. The molecule has 4 nitrogen and oxygen atoms in total. The van der Waals surface area contributed by atoms with Crippen LogP contribution in [0.2, 0.25) is 0 Å². The van der Waals surface area contributed by atoms with Gasteiger partial charge in [-0.25, -0.2) is 5.01 Å². The van der Waals surface area contributed by atoms with E-state index in [2.05, 4.69) is 48.6 Å². The van der Waals surface area contributed by atoms with Crippen molar-refractivity contribution in [2.24, 2.45) is 5.10 Å². The molecule has 3 rings (SSSR count). The van der Waals surface area contributed by atoms with Gasteiger partial charge in [0.2, 0.25) is 0 Å². The maximum absolute atomic E-state index is 4.45. The van der Waals surface area contributed by atoms with Crippen molar-refractivity contribution < 1.29 is 0 Å². The van der Waals surface area contributed by atoms with Gasteiger partial charge in [-0.2, -0.15) is 5.10 Å². The predicted octanol–water partition coefficient (Wildman–Crippen LogP) is 3.35. The molecule has 1 N–H and O–H groups in total. The summed E-state index contributed by atoms with van der Waals surface area (Å²) in [5.41, 5.74) is 8.05. The van der Waals surface area contributed by atoms with Crippen LogP contribution in [-0.2, 0) is 0 Å². The van der Waals surface area contributed by atoms with E-state index in [1.807, 2.05) is 40.6 Å². The smallest absolute Gasteiger partial charge is 0.133 e. The Labute approximate surface area is 119 Å². The maximum atomic E-state index is 4.45. The molecule has 0 saturated carbocycles. The summed E-state index contributed by atoms with van der Waals surface area (Å²) in [6.07, 6.45) is 1.82. The summed E-state index contributed by atoms with van der Waals surface area (Å²) in [7, 11) is 0. The van der Waals surface area contributed by atoms with Crippen LogP contribution in [0.5, 0.6) is 0 Å². The molecule has 0 spiro atoms. The van der Waals surface area contributed by atoms with Crippen LogP contribution in [-0.4, -0.2) is 18.0 Å². The zero-order valence-corrected chi connectivity index (χ0v) is 11.7. The van der Waals surface area contributed by atoms with Crippen LogP contribution in [0.4, 0.5) is 11.4 Å². The van der Waals surface area contributed by atoms with Crippen molar-refractivity contribution in [1.82, 2.24) is 5.01 Å². The molecule has 0 aliphatic carbocycles. The normalized spacial score (nSPS) is 13.9. The average Bonchev–Trinajstić information content (AvgIpc) is 2.90. The van der Waals surface area contributed by atoms with Gasteiger partial charge in [0.15, 0.2) is 0 Å². The molecule has 0 unspecified atom stereocenters. The van der Waals surface area contributed by atoms with Crippen LogP contribution in [0.1, 0.15) is 11.1 Å². The fraction of sp³-hybridized carbons (Fsp3) is 0.188. The molecular weight excluding hydrogens is 248 g/mol. The standard InChI is InChI=1S/C16H18N4/c1-13-7-3-5-9-15(13)18-19-11-17-20(12-19)16-10-6-4-8-14(16)2/h3-11,18H,12H2,1-2H3. The lowest BCUT2D eigenvalue weighted by molar-refractivity contribution is 0.539. The number of anilines is 2. The van der Waals surface area contributed by atoms with Gasteiger partial charge in [-0.1, -0.05) is 36.4 Å². The number of para-hydroxylation sites is 2. The van der Waals surface area contributed by atoms with Crippen molar-refractivity contribution in [3.63, 3.8) is 0 Å². The minimum atomic E-state index is 0.694. The number of hydrogen-bond acceptors (Lipinski definition) is 4. The summed E-state index contributed by atoms with van der Waals surface area (Å²) in [5.74, 6) is 0. The van der Waals surface area contributed by atoms with Gasteiger partial charge in [0.1, 0.15) is 13.0 Å². The van der Waals surface area contributed by atoms with Crippen LogP contribution in [0, 0.1) is 13.8 Å². The molecule has 0 atom stereocenters. The zero-order chi connectivity index (χ0) is 13.9. The Morgan fingerprint density at radius 1 is 0.950 bits per heavy atom. The summed E-state index contributed by atoms with van der Waals surface area (Å²) in [5, 5.41) is 8.41. The van der Waals surface area contributed by atoms with Crippen LogP contribution in [0.15, 0.2) is 53.6 Å². The van der Waals surface area contributed by atoms with E-state index in [1.165, 1.54) is 11.1 Å². The van der Waals surface area contributed by atoms with E-state index in [4.69, 9.17) is 0 Å². The van der Waals surface area contributed by atoms with E-state index in [-0.39, 0.29) is 0 Å². The van der Waals surface area contributed by atoms with Crippen molar-refractivity contribution in [2.75, 3.05) is 17.1 Å². The number of rotatable bonds is 3. The zero-order valence-electron chi connectivity index (χ0n) is 11.7. The Bertz CT molecular complexity index is 636. The lowest BCUT2D eigenvalue weighted by Gasteiger charge is -2.22. The third kappa shape index (κ3) is 2.45. The first-order valence-electron chi connectivity index (χ1n) is 6.70. The van der Waals surface area contributed by atoms with Crippen molar-refractivity contribution in [3.05, 3.63) is 59.7 Å². The number of nitrogens with one attached hydrogen (secondary N) is 1. The first kappa shape index (κ1) is 12.5. The van der Waals surface area contributed by atoms with Gasteiger partial charge in [-0.15, -0.1) is 0 Å². The summed E-state index contributed by atoms with van der Waals surface area (Å²) < 4.78 is 0. The molecule has 0 fully saturated rings. The van der Waals surface area contributed by atoms with Crippen molar-refractivity contribution in [1.29, 1.82) is 0 Å². The Hall–Kier alpha value is -2.49. The first-order valence-corrected chi connectivity index (χ1v) is 6.70. The molecule has 4 heteroatoms. The third-order valence-corrected chi connectivity index (χ3v) is 3.42. The predicted molar refractivity (Wildman–Crippen MR) is 83.7 cm³/mol. The SMILES string of the molecule is Cc1ccccc1NN1C=NN(c2ccccc2C)C1. The molecule has 1 aliphatic rings. The van der Waals surface area contributed by atoms with E-state index < -0.39 is 0 Å². The van der Waals surface area contributed by atoms with Crippen molar-refractivity contribution in [2.45, 2.75) is 13.8 Å². The van der Waals surface area contributed by atoms with Gasteiger partial charge < -0.3 is 0 Å². The summed E-state index contributed by atoms with van der Waals surface area (Å²) in [6, 6.07) is 16.5. The molecule has 1 aliphatic heterocycles. The monoisotopic (exact) mass is 266 g/mol. The molecular formula is C16H18N4. The minimum Gasteiger partial charge on any atom is -0.295 e. The van der Waals surface area contributed by atoms with Crippen molar-refractivity contribution in [3.8, 4) is 0 Å². The van der Waals surface area contributed by atoms with Gasteiger partial charge in [0.05, 0.1) is 11.4 Å². The highest BCUT2D eigenvalue weighted by atomic mass is 15.7. The molecule has 20 heavy (non-hydrogen) atoms. The van der Waals surface area contributed by atoms with Crippen molar-refractivity contribution >= 4 is 17.7 Å². The molecule has 102 valence electrons. The molecule has 0 bridgehead atoms. The van der Waals surface area contributed by atoms with E-state index >= 15 is 0 Å². The van der Waals surface area contributed by atoms with Crippen LogP contribution >= 0.6 is 0 Å². The van der Waals surface area contributed by atoms with E-state index in [0.717, 1.165) is 11.4 Å². The van der Waals surface area contributed by atoms with Gasteiger partial charge >= 0.3 is 0 Å². The van der Waals surface area contributed by atoms with Crippen LogP contribution < -0.4 is 10.4 Å². The van der Waals surface area contributed by atoms with Crippen LogP contribution in [0.3, 0.4) is 0 Å². The molecule has 0 aromatic heterocycles. The molecule has 0 saturated heterocycles. The van der Waals surface area contributed by atoms with Gasteiger partial charge in [-0.05, 0) is 37.1 Å². The van der Waals surface area contributed by atoms with Gasteiger partial charge in [0.25, 0.3) is 0 Å². The number of aryl methyl sites for hydroxylation is 2. The van der Waals surface area contributed by atoms with Gasteiger partial charge in [0, 0.05) is 0 Å². The molecule has 0 radical (unpaired) electrons. The highest BCUT2D eigenvalue weighted by molar-refractivity contribution is 5.67. The molecule has 1 heterocycles. The van der Waals surface area contributed by atoms with E-state index in [0.29, 0.717) is 6.67 Å². The molecule has 2 aromatic rings. The number of hydrazine groups is 1.